The molecule has 2 amide bonds. The maximum absolute atomic E-state index is 13.8. The van der Waals surface area contributed by atoms with Gasteiger partial charge in [0.25, 0.3) is 21.8 Å². The fourth-order valence-electron chi connectivity index (χ4n) is 4.22. The van der Waals surface area contributed by atoms with Crippen molar-refractivity contribution >= 4 is 62.3 Å². The maximum atomic E-state index is 13.8. The molecule has 0 atom stereocenters. The Balaban J connectivity index is 1.45. The molecule has 1 aliphatic heterocycles. The summed E-state index contributed by atoms with van der Waals surface area (Å²) in [5.41, 5.74) is 2.37. The highest BCUT2D eigenvalue weighted by Crippen LogP contribution is 2.41. The number of nitrogens with one attached hydrogen (secondary N) is 2. The first kappa shape index (κ1) is 30.0. The van der Waals surface area contributed by atoms with Gasteiger partial charge in [0.05, 0.1) is 24.8 Å². The standard InChI is InChI=1S/C31H26ClN3O6S2/c1-19-4-8-21(9-5-19)33-28-29(31(37)35(30(28)36)26-17-12-23(40-2)18-27(26)41-3)42-24-13-10-22(11-14-24)34-43(38,39)25-15-6-20(32)7-16-25/h4-18,33-34H,1-3H3. The van der Waals surface area contributed by atoms with Gasteiger partial charge in [0.15, 0.2) is 0 Å². The number of hydrogen-bond donors (Lipinski definition) is 2. The molecule has 220 valence electrons. The Kier molecular flexibility index (Phi) is 8.67. The van der Waals surface area contributed by atoms with Gasteiger partial charge in [-0.25, -0.2) is 13.3 Å². The van der Waals surface area contributed by atoms with Crippen molar-refractivity contribution in [3.8, 4) is 11.5 Å². The van der Waals surface area contributed by atoms with Crippen molar-refractivity contribution < 1.29 is 27.5 Å². The van der Waals surface area contributed by atoms with Gasteiger partial charge in [-0.05, 0) is 79.7 Å². The van der Waals surface area contributed by atoms with Gasteiger partial charge in [0.1, 0.15) is 22.1 Å². The van der Waals surface area contributed by atoms with Gasteiger partial charge in [0.2, 0.25) is 0 Å². The topological polar surface area (TPSA) is 114 Å². The third-order valence-electron chi connectivity index (χ3n) is 6.44. The number of nitrogens with zero attached hydrogens (tertiary/aromatic N) is 1. The number of sulfonamides is 1. The molecule has 9 nitrogen and oxygen atoms in total. The van der Waals surface area contributed by atoms with Crippen LogP contribution in [-0.2, 0) is 19.6 Å². The molecular formula is C31H26ClN3O6S2. The quantitative estimate of drug-likeness (QED) is 0.191. The fourth-order valence-corrected chi connectivity index (χ4v) is 6.33. The van der Waals surface area contributed by atoms with Crippen LogP contribution in [0.2, 0.25) is 5.02 Å². The van der Waals surface area contributed by atoms with E-state index in [-0.39, 0.29) is 21.2 Å². The number of anilines is 3. The smallest absolute Gasteiger partial charge is 0.283 e. The van der Waals surface area contributed by atoms with Crippen LogP contribution >= 0.6 is 23.4 Å². The SMILES string of the molecule is COc1ccc(N2C(=O)C(Nc3ccc(C)cc3)=C(Sc3ccc(NS(=O)(=O)c4ccc(Cl)cc4)cc3)C2=O)c(OC)c1. The molecule has 0 spiro atoms. The van der Waals surface area contributed by atoms with Gasteiger partial charge in [0, 0.05) is 27.4 Å². The average Bonchev–Trinajstić information content (AvgIpc) is 3.22. The normalized spacial score (nSPS) is 13.3. The van der Waals surface area contributed by atoms with E-state index in [4.69, 9.17) is 21.1 Å². The molecule has 0 saturated carbocycles. The van der Waals surface area contributed by atoms with Crippen molar-refractivity contribution in [1.29, 1.82) is 0 Å². The van der Waals surface area contributed by atoms with Gasteiger partial charge in [-0.3, -0.25) is 14.3 Å². The van der Waals surface area contributed by atoms with Crippen LogP contribution in [-0.4, -0.2) is 34.5 Å². The van der Waals surface area contributed by atoms with E-state index in [1.54, 1.807) is 42.5 Å². The van der Waals surface area contributed by atoms with Crippen LogP contribution in [0.4, 0.5) is 17.1 Å². The predicted molar refractivity (Wildman–Crippen MR) is 168 cm³/mol. The first-order valence-electron chi connectivity index (χ1n) is 12.8. The minimum absolute atomic E-state index is 0.0662. The van der Waals surface area contributed by atoms with Crippen LogP contribution in [0.25, 0.3) is 0 Å². The maximum Gasteiger partial charge on any atom is 0.283 e. The second kappa shape index (κ2) is 12.4. The highest BCUT2D eigenvalue weighted by molar-refractivity contribution is 8.04. The number of rotatable bonds is 10. The van der Waals surface area contributed by atoms with Crippen molar-refractivity contribution in [2.45, 2.75) is 16.7 Å². The summed E-state index contributed by atoms with van der Waals surface area (Å²) in [4.78, 5) is 29.5. The largest absolute Gasteiger partial charge is 0.497 e. The first-order chi connectivity index (χ1) is 20.6. The fraction of sp³-hybridized carbons (Fsp3) is 0.0968. The lowest BCUT2D eigenvalue weighted by Crippen LogP contribution is -2.32. The van der Waals surface area contributed by atoms with E-state index >= 15 is 0 Å². The van der Waals surface area contributed by atoms with Crippen LogP contribution in [0.3, 0.4) is 0 Å². The number of methoxy groups -OCH3 is 2. The second-order valence-electron chi connectivity index (χ2n) is 9.36. The van der Waals surface area contributed by atoms with Gasteiger partial charge in [-0.1, -0.05) is 41.1 Å². The Bertz CT molecular complexity index is 1830. The van der Waals surface area contributed by atoms with Gasteiger partial charge >= 0.3 is 0 Å². The van der Waals surface area contributed by atoms with Gasteiger partial charge in [-0.15, -0.1) is 0 Å². The number of imide groups is 1. The van der Waals surface area contributed by atoms with Crippen LogP contribution in [0.1, 0.15) is 5.56 Å². The summed E-state index contributed by atoms with van der Waals surface area (Å²) < 4.78 is 38.8. The summed E-state index contributed by atoms with van der Waals surface area (Å²) in [7, 11) is -0.885. The molecule has 2 N–H and O–H groups in total. The molecule has 43 heavy (non-hydrogen) atoms. The summed E-state index contributed by atoms with van der Waals surface area (Å²) in [5, 5.41) is 3.55. The summed E-state index contributed by atoms with van der Waals surface area (Å²) >= 11 is 6.96. The molecule has 0 aromatic heterocycles. The highest BCUT2D eigenvalue weighted by atomic mass is 35.5. The van der Waals surface area contributed by atoms with E-state index < -0.39 is 21.8 Å². The van der Waals surface area contributed by atoms with E-state index in [2.05, 4.69) is 10.0 Å². The van der Waals surface area contributed by atoms with E-state index in [9.17, 15) is 18.0 Å². The molecule has 1 aliphatic rings. The van der Waals surface area contributed by atoms with E-state index in [1.807, 2.05) is 31.2 Å². The lowest BCUT2D eigenvalue weighted by molar-refractivity contribution is -0.120. The van der Waals surface area contributed by atoms with E-state index in [0.29, 0.717) is 32.8 Å². The Labute approximate surface area is 258 Å². The number of halogens is 1. The molecule has 1 heterocycles. The van der Waals surface area contributed by atoms with Gasteiger partial charge in [-0.2, -0.15) is 0 Å². The molecular weight excluding hydrogens is 610 g/mol. The van der Waals surface area contributed by atoms with Crippen LogP contribution in [0, 0.1) is 6.92 Å². The van der Waals surface area contributed by atoms with Crippen molar-refractivity contribution in [3.63, 3.8) is 0 Å². The first-order valence-corrected chi connectivity index (χ1v) is 15.5. The Morgan fingerprint density at radius 1 is 0.791 bits per heavy atom. The summed E-state index contributed by atoms with van der Waals surface area (Å²) in [6.45, 7) is 1.95. The second-order valence-corrected chi connectivity index (χ2v) is 12.6. The number of aryl methyl sites for hydroxylation is 1. The molecule has 5 rings (SSSR count). The lowest BCUT2D eigenvalue weighted by atomic mass is 10.2. The summed E-state index contributed by atoms with van der Waals surface area (Å²) in [6.07, 6.45) is 0. The number of hydrogen-bond acceptors (Lipinski definition) is 8. The minimum Gasteiger partial charge on any atom is -0.497 e. The van der Waals surface area contributed by atoms with E-state index in [1.165, 1.54) is 38.5 Å². The van der Waals surface area contributed by atoms with Crippen molar-refractivity contribution in [1.82, 2.24) is 0 Å². The van der Waals surface area contributed by atoms with Crippen LogP contribution < -0.4 is 24.4 Å². The molecule has 0 saturated heterocycles. The molecule has 0 radical (unpaired) electrons. The molecule has 0 unspecified atom stereocenters. The third-order valence-corrected chi connectivity index (χ3v) is 9.18. The molecule has 4 aromatic rings. The van der Waals surface area contributed by atoms with Crippen molar-refractivity contribution in [2.24, 2.45) is 0 Å². The molecule has 0 fully saturated rings. The molecule has 0 bridgehead atoms. The van der Waals surface area contributed by atoms with Crippen molar-refractivity contribution in [3.05, 3.63) is 112 Å². The number of thioether (sulfide) groups is 1. The number of carbonyl (C=O) groups excluding carboxylic acids is 2. The molecule has 0 aliphatic carbocycles. The summed E-state index contributed by atoms with van der Waals surface area (Å²) in [5.74, 6) is -0.296. The third kappa shape index (κ3) is 6.48. The minimum atomic E-state index is -3.84. The zero-order valence-electron chi connectivity index (χ0n) is 23.3. The Morgan fingerprint density at radius 2 is 1.44 bits per heavy atom. The van der Waals surface area contributed by atoms with Crippen molar-refractivity contribution in [2.75, 3.05) is 29.2 Å². The van der Waals surface area contributed by atoms with E-state index in [0.717, 1.165) is 22.2 Å². The Morgan fingerprint density at radius 3 is 2.07 bits per heavy atom. The van der Waals surface area contributed by atoms with Crippen LogP contribution in [0.5, 0.6) is 11.5 Å². The zero-order chi connectivity index (χ0) is 30.7. The zero-order valence-corrected chi connectivity index (χ0v) is 25.6. The lowest BCUT2D eigenvalue weighted by Gasteiger charge is -2.19. The number of benzene rings is 4. The monoisotopic (exact) mass is 635 g/mol. The average molecular weight is 636 g/mol. The summed E-state index contributed by atoms with van der Waals surface area (Å²) in [6, 6.07) is 24.6. The Hall–Kier alpha value is -4.45. The molecule has 4 aromatic carbocycles. The number of amides is 2. The van der Waals surface area contributed by atoms with Crippen LogP contribution in [0.15, 0.2) is 111 Å². The highest BCUT2D eigenvalue weighted by Gasteiger charge is 2.41. The number of ether oxygens (including phenoxy) is 2. The molecule has 12 heteroatoms. The van der Waals surface area contributed by atoms with Gasteiger partial charge < -0.3 is 14.8 Å². The predicted octanol–water partition coefficient (Wildman–Crippen LogP) is 6.46. The number of carbonyl (C=O) groups is 2.